The van der Waals surface area contributed by atoms with E-state index in [9.17, 15) is 4.21 Å². The van der Waals surface area contributed by atoms with Crippen molar-refractivity contribution in [2.45, 2.75) is 6.54 Å². The second kappa shape index (κ2) is 5.11. The molecule has 1 N–H and O–H groups in total. The monoisotopic (exact) mass is 187 g/mol. The summed E-state index contributed by atoms with van der Waals surface area (Å²) < 4.78 is 15.6. The molecule has 0 bridgehead atoms. The fraction of sp³-hybridized carbons (Fsp3) is 0.500. The van der Waals surface area contributed by atoms with Crippen LogP contribution in [-0.4, -0.2) is 22.8 Å². The Kier molecular flexibility index (Phi) is 4.04. The number of hydrogen-bond donors (Lipinski definition) is 1. The lowest BCUT2D eigenvalue weighted by Crippen LogP contribution is -2.19. The Bertz CT molecular complexity index is 233. The van der Waals surface area contributed by atoms with Crippen LogP contribution in [-0.2, 0) is 17.3 Å². The summed E-state index contributed by atoms with van der Waals surface area (Å²) in [5.74, 6) is 0.706. The molecule has 1 aromatic rings. The highest BCUT2D eigenvalue weighted by Gasteiger charge is 1.93. The van der Waals surface area contributed by atoms with Crippen molar-refractivity contribution in [2.24, 2.45) is 0 Å². The number of furan rings is 1. The second-order valence-corrected chi connectivity index (χ2v) is 4.14. The van der Waals surface area contributed by atoms with Crippen LogP contribution >= 0.6 is 0 Å². The number of hydrogen-bond acceptors (Lipinski definition) is 3. The number of rotatable bonds is 5. The van der Waals surface area contributed by atoms with E-state index in [0.717, 1.165) is 18.7 Å². The van der Waals surface area contributed by atoms with Gasteiger partial charge in [0.15, 0.2) is 0 Å². The van der Waals surface area contributed by atoms with Crippen molar-refractivity contribution in [1.82, 2.24) is 5.32 Å². The molecule has 1 aromatic heterocycles. The van der Waals surface area contributed by atoms with Crippen LogP contribution in [0.4, 0.5) is 0 Å². The molecule has 3 nitrogen and oxygen atoms in total. The minimum absolute atomic E-state index is 0.700. The molecular formula is C8H13NO2S. The van der Waals surface area contributed by atoms with Gasteiger partial charge in [0, 0.05) is 41.5 Å². The zero-order chi connectivity index (χ0) is 8.81. The van der Waals surface area contributed by atoms with Gasteiger partial charge in [0.25, 0.3) is 0 Å². The Balaban J connectivity index is 2.07. The lowest BCUT2D eigenvalue weighted by molar-refractivity contribution is 0.561. The fourth-order valence-corrected chi connectivity index (χ4v) is 1.27. The van der Waals surface area contributed by atoms with Gasteiger partial charge >= 0.3 is 0 Å². The minimum atomic E-state index is -0.700. The summed E-state index contributed by atoms with van der Waals surface area (Å²) >= 11 is 0. The molecule has 68 valence electrons. The quantitative estimate of drug-likeness (QED) is 0.692. The zero-order valence-electron chi connectivity index (χ0n) is 7.08. The third-order valence-electron chi connectivity index (χ3n) is 1.48. The summed E-state index contributed by atoms with van der Waals surface area (Å²) in [5.41, 5.74) is 1.12. The maximum absolute atomic E-state index is 10.7. The minimum Gasteiger partial charge on any atom is -0.472 e. The van der Waals surface area contributed by atoms with Crippen molar-refractivity contribution < 1.29 is 8.63 Å². The van der Waals surface area contributed by atoms with E-state index in [2.05, 4.69) is 5.32 Å². The molecule has 1 unspecified atom stereocenters. The summed E-state index contributed by atoms with van der Waals surface area (Å²) in [7, 11) is -0.700. The largest absolute Gasteiger partial charge is 0.472 e. The highest BCUT2D eigenvalue weighted by Crippen LogP contribution is 1.97. The summed E-state index contributed by atoms with van der Waals surface area (Å²) in [6, 6.07) is 1.91. The van der Waals surface area contributed by atoms with Crippen LogP contribution in [0.1, 0.15) is 5.56 Å². The van der Waals surface area contributed by atoms with E-state index in [4.69, 9.17) is 4.42 Å². The van der Waals surface area contributed by atoms with Crippen molar-refractivity contribution in [3.63, 3.8) is 0 Å². The van der Waals surface area contributed by atoms with Gasteiger partial charge in [-0.15, -0.1) is 0 Å². The van der Waals surface area contributed by atoms with E-state index < -0.39 is 10.8 Å². The van der Waals surface area contributed by atoms with Crippen LogP contribution in [0.3, 0.4) is 0 Å². The summed E-state index contributed by atoms with van der Waals surface area (Å²) in [6.45, 7) is 1.57. The first-order valence-electron chi connectivity index (χ1n) is 3.81. The molecule has 0 aliphatic rings. The van der Waals surface area contributed by atoms with Gasteiger partial charge in [0.05, 0.1) is 12.5 Å². The standard InChI is InChI=1S/C8H13NO2S/c1-12(10)5-3-9-6-8-2-4-11-7-8/h2,4,7,9H,3,5-6H2,1H3. The van der Waals surface area contributed by atoms with Gasteiger partial charge in [0.1, 0.15) is 0 Å². The maximum atomic E-state index is 10.7. The normalized spacial score (nSPS) is 13.1. The van der Waals surface area contributed by atoms with Crippen LogP contribution in [0.25, 0.3) is 0 Å². The van der Waals surface area contributed by atoms with Gasteiger partial charge in [-0.3, -0.25) is 4.21 Å². The molecule has 0 saturated carbocycles. The topological polar surface area (TPSA) is 42.2 Å². The molecule has 1 rings (SSSR count). The predicted octanol–water partition coefficient (Wildman–Crippen LogP) is 0.748. The molecule has 0 aromatic carbocycles. The highest BCUT2D eigenvalue weighted by atomic mass is 32.2. The van der Waals surface area contributed by atoms with Crippen molar-refractivity contribution >= 4 is 10.8 Å². The summed E-state index contributed by atoms with van der Waals surface area (Å²) in [5, 5.41) is 3.17. The molecule has 0 saturated heterocycles. The Morgan fingerprint density at radius 2 is 2.50 bits per heavy atom. The van der Waals surface area contributed by atoms with Crippen LogP contribution < -0.4 is 5.32 Å². The molecule has 4 heteroatoms. The first kappa shape index (κ1) is 9.48. The average molecular weight is 187 g/mol. The van der Waals surface area contributed by atoms with Crippen LogP contribution in [0.2, 0.25) is 0 Å². The highest BCUT2D eigenvalue weighted by molar-refractivity contribution is 7.84. The van der Waals surface area contributed by atoms with E-state index in [1.807, 2.05) is 6.07 Å². The van der Waals surface area contributed by atoms with Gasteiger partial charge in [-0.25, -0.2) is 0 Å². The summed E-state index contributed by atoms with van der Waals surface area (Å²) in [6.07, 6.45) is 5.06. The Morgan fingerprint density at radius 1 is 1.67 bits per heavy atom. The molecule has 0 aliphatic heterocycles. The lowest BCUT2D eigenvalue weighted by atomic mass is 10.3. The first-order chi connectivity index (χ1) is 5.79. The van der Waals surface area contributed by atoms with Gasteiger partial charge in [0.2, 0.25) is 0 Å². The maximum Gasteiger partial charge on any atom is 0.0947 e. The van der Waals surface area contributed by atoms with E-state index in [-0.39, 0.29) is 0 Å². The second-order valence-electron chi connectivity index (χ2n) is 2.59. The van der Waals surface area contributed by atoms with Crippen molar-refractivity contribution in [3.8, 4) is 0 Å². The zero-order valence-corrected chi connectivity index (χ0v) is 7.89. The molecule has 12 heavy (non-hydrogen) atoms. The van der Waals surface area contributed by atoms with Crippen LogP contribution in [0.5, 0.6) is 0 Å². The SMILES string of the molecule is CS(=O)CCNCc1ccoc1. The predicted molar refractivity (Wildman–Crippen MR) is 49.3 cm³/mol. The van der Waals surface area contributed by atoms with Gasteiger partial charge < -0.3 is 9.73 Å². The van der Waals surface area contributed by atoms with E-state index in [0.29, 0.717) is 5.75 Å². The Morgan fingerprint density at radius 3 is 3.08 bits per heavy atom. The third kappa shape index (κ3) is 3.69. The average Bonchev–Trinajstić information content (AvgIpc) is 2.49. The molecule has 0 amide bonds. The number of nitrogens with one attached hydrogen (secondary N) is 1. The molecule has 1 heterocycles. The first-order valence-corrected chi connectivity index (χ1v) is 5.53. The lowest BCUT2D eigenvalue weighted by Gasteiger charge is -1.99. The van der Waals surface area contributed by atoms with Crippen molar-refractivity contribution in [3.05, 3.63) is 24.2 Å². The molecule has 0 aliphatic carbocycles. The fourth-order valence-electron chi connectivity index (χ4n) is 0.842. The molecular weight excluding hydrogens is 174 g/mol. The van der Waals surface area contributed by atoms with Gasteiger partial charge in [-0.05, 0) is 6.07 Å². The Labute approximate surface area is 74.6 Å². The van der Waals surface area contributed by atoms with Gasteiger partial charge in [-0.1, -0.05) is 0 Å². The molecule has 0 spiro atoms. The third-order valence-corrected chi connectivity index (χ3v) is 2.25. The van der Waals surface area contributed by atoms with Crippen molar-refractivity contribution in [1.29, 1.82) is 0 Å². The smallest absolute Gasteiger partial charge is 0.0947 e. The Hall–Kier alpha value is -0.610. The van der Waals surface area contributed by atoms with Crippen molar-refractivity contribution in [2.75, 3.05) is 18.6 Å². The molecule has 0 radical (unpaired) electrons. The molecule has 0 fully saturated rings. The molecule has 1 atom stereocenters. The van der Waals surface area contributed by atoms with E-state index >= 15 is 0 Å². The van der Waals surface area contributed by atoms with Gasteiger partial charge in [-0.2, -0.15) is 0 Å². The summed E-state index contributed by atoms with van der Waals surface area (Å²) in [4.78, 5) is 0. The van der Waals surface area contributed by atoms with Crippen LogP contribution in [0.15, 0.2) is 23.0 Å². The van der Waals surface area contributed by atoms with E-state index in [1.165, 1.54) is 0 Å². The van der Waals surface area contributed by atoms with E-state index in [1.54, 1.807) is 18.8 Å². The van der Waals surface area contributed by atoms with Crippen LogP contribution in [0, 0.1) is 0 Å².